The van der Waals surface area contributed by atoms with Gasteiger partial charge in [-0.1, -0.05) is 13.8 Å². The molecule has 0 saturated carbocycles. The first kappa shape index (κ1) is 15.2. The van der Waals surface area contributed by atoms with E-state index in [2.05, 4.69) is 47.9 Å². The minimum atomic E-state index is 0.250. The maximum absolute atomic E-state index is 5.64. The lowest BCUT2D eigenvalue weighted by molar-refractivity contribution is 0.0340. The van der Waals surface area contributed by atoms with Gasteiger partial charge in [-0.25, -0.2) is 4.98 Å². The van der Waals surface area contributed by atoms with E-state index in [1.54, 1.807) is 0 Å². The van der Waals surface area contributed by atoms with Gasteiger partial charge in [0.05, 0.1) is 36.8 Å². The zero-order chi connectivity index (χ0) is 14.5. The molecule has 0 bridgehead atoms. The molecule has 112 valence electrons. The third kappa shape index (κ3) is 4.15. The summed E-state index contributed by atoms with van der Waals surface area (Å²) < 4.78 is 5.64. The second kappa shape index (κ2) is 6.99. The van der Waals surface area contributed by atoms with Crippen LogP contribution in [0.5, 0.6) is 0 Å². The van der Waals surface area contributed by atoms with Crippen molar-refractivity contribution in [1.82, 2.24) is 15.3 Å². The van der Waals surface area contributed by atoms with Crippen molar-refractivity contribution in [3.8, 4) is 0 Å². The average Bonchev–Trinajstić information content (AvgIpc) is 2.42. The quantitative estimate of drug-likeness (QED) is 0.890. The number of rotatable bonds is 5. The largest absolute Gasteiger partial charge is 0.375 e. The minimum absolute atomic E-state index is 0.250. The van der Waals surface area contributed by atoms with Crippen LogP contribution in [0.25, 0.3) is 0 Å². The molecular formula is C15H26N4O. The van der Waals surface area contributed by atoms with Crippen molar-refractivity contribution < 1.29 is 4.74 Å². The summed E-state index contributed by atoms with van der Waals surface area (Å²) in [4.78, 5) is 11.3. The fraction of sp³-hybridized carbons (Fsp3) is 0.733. The second-order valence-corrected chi connectivity index (χ2v) is 6.04. The van der Waals surface area contributed by atoms with Crippen molar-refractivity contribution in [2.24, 2.45) is 5.92 Å². The molecule has 5 heteroatoms. The first-order chi connectivity index (χ1) is 9.56. The topological polar surface area (TPSA) is 50.3 Å². The lowest BCUT2D eigenvalue weighted by Crippen LogP contribution is -2.47. The highest BCUT2D eigenvalue weighted by Gasteiger charge is 2.24. The average molecular weight is 278 g/mol. The molecule has 5 nitrogen and oxygen atoms in total. The van der Waals surface area contributed by atoms with Crippen molar-refractivity contribution in [3.63, 3.8) is 0 Å². The van der Waals surface area contributed by atoms with Gasteiger partial charge in [-0.15, -0.1) is 0 Å². The molecule has 2 rings (SSSR count). The maximum Gasteiger partial charge on any atom is 0.147 e. The van der Waals surface area contributed by atoms with Gasteiger partial charge in [-0.2, -0.15) is 0 Å². The maximum atomic E-state index is 5.64. The van der Waals surface area contributed by atoms with Crippen LogP contribution in [0.3, 0.4) is 0 Å². The number of hydrogen-bond donors (Lipinski definition) is 1. The van der Waals surface area contributed by atoms with E-state index in [1.165, 1.54) is 0 Å². The summed E-state index contributed by atoms with van der Waals surface area (Å²) in [7, 11) is 0. The fourth-order valence-electron chi connectivity index (χ4n) is 2.30. The predicted octanol–water partition coefficient (Wildman–Crippen LogP) is 1.84. The normalized spacial score (nSPS) is 23.4. The van der Waals surface area contributed by atoms with Gasteiger partial charge in [0.2, 0.25) is 0 Å². The number of nitrogens with zero attached hydrogens (tertiary/aromatic N) is 3. The molecule has 1 aromatic rings. The van der Waals surface area contributed by atoms with Crippen LogP contribution >= 0.6 is 0 Å². The summed E-state index contributed by atoms with van der Waals surface area (Å²) >= 11 is 0. The van der Waals surface area contributed by atoms with Gasteiger partial charge in [-0.05, 0) is 26.3 Å². The molecule has 0 spiro atoms. The Balaban J connectivity index is 1.93. The van der Waals surface area contributed by atoms with Crippen molar-refractivity contribution in [3.05, 3.63) is 18.1 Å². The van der Waals surface area contributed by atoms with Crippen LogP contribution in [0, 0.1) is 5.92 Å². The molecule has 0 aliphatic carbocycles. The zero-order valence-corrected chi connectivity index (χ0v) is 13.0. The Kier molecular flexibility index (Phi) is 5.31. The van der Waals surface area contributed by atoms with E-state index in [0.717, 1.165) is 37.8 Å². The molecule has 1 saturated heterocycles. The van der Waals surface area contributed by atoms with Gasteiger partial charge in [0.15, 0.2) is 0 Å². The smallest absolute Gasteiger partial charge is 0.147 e. The summed E-state index contributed by atoms with van der Waals surface area (Å²) in [6.45, 7) is 12.1. The van der Waals surface area contributed by atoms with Gasteiger partial charge in [0, 0.05) is 13.1 Å². The Morgan fingerprint density at radius 1 is 1.35 bits per heavy atom. The van der Waals surface area contributed by atoms with Crippen LogP contribution < -0.4 is 10.2 Å². The molecule has 20 heavy (non-hydrogen) atoms. The lowest BCUT2D eigenvalue weighted by Gasteiger charge is -2.37. The van der Waals surface area contributed by atoms with Gasteiger partial charge < -0.3 is 15.0 Å². The Morgan fingerprint density at radius 3 is 2.80 bits per heavy atom. The Labute approximate surface area is 121 Å². The van der Waals surface area contributed by atoms with Crippen LogP contribution in [0.4, 0.5) is 5.82 Å². The van der Waals surface area contributed by atoms with Crippen LogP contribution in [0.1, 0.15) is 33.4 Å². The van der Waals surface area contributed by atoms with Gasteiger partial charge >= 0.3 is 0 Å². The van der Waals surface area contributed by atoms with E-state index in [4.69, 9.17) is 4.74 Å². The number of aromatic nitrogens is 2. The summed E-state index contributed by atoms with van der Waals surface area (Å²) in [5.74, 6) is 1.60. The first-order valence-corrected chi connectivity index (χ1v) is 7.46. The molecule has 2 unspecified atom stereocenters. The highest BCUT2D eigenvalue weighted by Crippen LogP contribution is 2.18. The summed E-state index contributed by atoms with van der Waals surface area (Å²) in [6.07, 6.45) is 4.00. The molecule has 0 aromatic carbocycles. The summed E-state index contributed by atoms with van der Waals surface area (Å²) in [5, 5.41) is 3.38. The van der Waals surface area contributed by atoms with Crippen LogP contribution in [-0.2, 0) is 11.3 Å². The SMILES string of the molecule is CC(C)CNCc1cnc(N2CC(C)OCC2C)cn1. The van der Waals surface area contributed by atoms with Crippen LogP contribution in [-0.4, -0.2) is 41.8 Å². The van der Waals surface area contributed by atoms with Gasteiger partial charge in [0.25, 0.3) is 0 Å². The van der Waals surface area contributed by atoms with Crippen LogP contribution in [0.15, 0.2) is 12.4 Å². The predicted molar refractivity (Wildman–Crippen MR) is 80.8 cm³/mol. The third-order valence-corrected chi connectivity index (χ3v) is 3.45. The minimum Gasteiger partial charge on any atom is -0.375 e. The standard InChI is InChI=1S/C15H26N4O/c1-11(2)5-16-6-14-7-18-15(8-17-14)19-9-13(4)20-10-12(19)3/h7-8,11-13,16H,5-6,9-10H2,1-4H3. The molecule has 1 fully saturated rings. The summed E-state index contributed by atoms with van der Waals surface area (Å²) in [6, 6.07) is 0.352. The zero-order valence-electron chi connectivity index (χ0n) is 13.0. The molecule has 2 atom stereocenters. The van der Waals surface area contributed by atoms with Gasteiger partial charge in [0.1, 0.15) is 5.82 Å². The van der Waals surface area contributed by atoms with E-state index >= 15 is 0 Å². The molecule has 0 radical (unpaired) electrons. The van der Waals surface area contributed by atoms with E-state index in [1.807, 2.05) is 12.4 Å². The number of hydrogen-bond acceptors (Lipinski definition) is 5. The highest BCUT2D eigenvalue weighted by atomic mass is 16.5. The molecule has 1 N–H and O–H groups in total. The number of morpholine rings is 1. The third-order valence-electron chi connectivity index (χ3n) is 3.45. The van der Waals surface area contributed by atoms with E-state index in [-0.39, 0.29) is 6.10 Å². The number of ether oxygens (including phenoxy) is 1. The Morgan fingerprint density at radius 2 is 2.15 bits per heavy atom. The molecule has 0 amide bonds. The fourth-order valence-corrected chi connectivity index (χ4v) is 2.30. The second-order valence-electron chi connectivity index (χ2n) is 6.04. The van der Waals surface area contributed by atoms with Gasteiger partial charge in [-0.3, -0.25) is 4.98 Å². The molecule has 1 aliphatic heterocycles. The van der Waals surface area contributed by atoms with E-state index in [9.17, 15) is 0 Å². The summed E-state index contributed by atoms with van der Waals surface area (Å²) in [5.41, 5.74) is 0.989. The van der Waals surface area contributed by atoms with Crippen molar-refractivity contribution in [2.45, 2.75) is 46.4 Å². The molecular weight excluding hydrogens is 252 g/mol. The Hall–Kier alpha value is -1.20. The highest BCUT2D eigenvalue weighted by molar-refractivity contribution is 5.38. The van der Waals surface area contributed by atoms with Crippen molar-refractivity contribution >= 4 is 5.82 Å². The Bertz CT molecular complexity index is 407. The monoisotopic (exact) mass is 278 g/mol. The number of nitrogens with one attached hydrogen (secondary N) is 1. The van der Waals surface area contributed by atoms with Crippen LogP contribution in [0.2, 0.25) is 0 Å². The number of anilines is 1. The first-order valence-electron chi connectivity index (χ1n) is 7.46. The van der Waals surface area contributed by atoms with Crippen molar-refractivity contribution in [2.75, 3.05) is 24.6 Å². The van der Waals surface area contributed by atoms with Crippen molar-refractivity contribution in [1.29, 1.82) is 0 Å². The molecule has 2 heterocycles. The lowest BCUT2D eigenvalue weighted by atomic mass is 10.2. The van der Waals surface area contributed by atoms with E-state index < -0.39 is 0 Å². The van der Waals surface area contributed by atoms with E-state index in [0.29, 0.717) is 12.0 Å². The molecule has 1 aliphatic rings. The molecule has 1 aromatic heterocycles.